The molecule has 0 saturated carbocycles. The van der Waals surface area contributed by atoms with E-state index in [9.17, 15) is 28.8 Å². The SMILES string of the molecule is O=C(O)C=CC(=O)OC(=O)CC(=O)C(O)OC(=O)C=CC(=O)O. The van der Waals surface area contributed by atoms with Crippen LogP contribution in [0.2, 0.25) is 0 Å². The van der Waals surface area contributed by atoms with Crippen LogP contribution in [0.3, 0.4) is 0 Å². The molecule has 3 N–H and O–H groups in total. The third-order valence-electron chi connectivity index (χ3n) is 1.76. The van der Waals surface area contributed by atoms with E-state index in [1.807, 2.05) is 0 Å². The fourth-order valence-electron chi connectivity index (χ4n) is 0.906. The Hall–Kier alpha value is -3.34. The number of aliphatic carboxylic acids is 2. The Labute approximate surface area is 127 Å². The highest BCUT2D eigenvalue weighted by atomic mass is 16.6. The predicted octanol–water partition coefficient (Wildman–Crippen LogP) is -1.84. The van der Waals surface area contributed by atoms with Crippen LogP contribution < -0.4 is 0 Å². The second-order valence-electron chi connectivity index (χ2n) is 3.57. The van der Waals surface area contributed by atoms with Crippen LogP contribution in [0.1, 0.15) is 6.42 Å². The summed E-state index contributed by atoms with van der Waals surface area (Å²) in [6, 6.07) is 0. The molecule has 0 aromatic heterocycles. The first-order chi connectivity index (χ1) is 10.6. The number of rotatable bonds is 8. The Kier molecular flexibility index (Phi) is 8.18. The van der Waals surface area contributed by atoms with Crippen LogP contribution >= 0.6 is 0 Å². The van der Waals surface area contributed by atoms with Gasteiger partial charge in [-0.15, -0.1) is 0 Å². The van der Waals surface area contributed by atoms with E-state index in [0.29, 0.717) is 24.3 Å². The fraction of sp³-hybridized carbons (Fsp3) is 0.167. The maximum absolute atomic E-state index is 11.3. The summed E-state index contributed by atoms with van der Waals surface area (Å²) in [4.78, 5) is 64.5. The molecule has 0 amide bonds. The number of ether oxygens (including phenoxy) is 2. The molecule has 0 saturated heterocycles. The Morgan fingerprint density at radius 3 is 1.78 bits per heavy atom. The molecule has 0 aliphatic heterocycles. The zero-order valence-electron chi connectivity index (χ0n) is 11.2. The molecule has 0 heterocycles. The lowest BCUT2D eigenvalue weighted by Crippen LogP contribution is -2.29. The Morgan fingerprint density at radius 1 is 0.826 bits per heavy atom. The van der Waals surface area contributed by atoms with Crippen LogP contribution in [-0.2, 0) is 38.2 Å². The Bertz CT molecular complexity index is 584. The number of carbonyl (C=O) groups excluding carboxylic acids is 4. The van der Waals surface area contributed by atoms with E-state index < -0.39 is 48.3 Å². The highest BCUT2D eigenvalue weighted by molar-refractivity contribution is 6.03. The summed E-state index contributed by atoms with van der Waals surface area (Å²) >= 11 is 0. The summed E-state index contributed by atoms with van der Waals surface area (Å²) in [5, 5.41) is 25.6. The standard InChI is InChI=1S/C12H10O11/c13-6(12(21)23-10(19)4-2-8(16)17)5-11(20)22-9(18)3-1-7(14)15/h1-4,12,21H,5H2,(H,14,15)(H,16,17). The molecular weight excluding hydrogens is 320 g/mol. The van der Waals surface area contributed by atoms with Crippen molar-refractivity contribution in [2.75, 3.05) is 0 Å². The first-order valence-corrected chi connectivity index (χ1v) is 5.60. The fourth-order valence-corrected chi connectivity index (χ4v) is 0.906. The highest BCUT2D eigenvalue weighted by Gasteiger charge is 2.23. The molecule has 23 heavy (non-hydrogen) atoms. The van der Waals surface area contributed by atoms with E-state index in [1.165, 1.54) is 0 Å². The van der Waals surface area contributed by atoms with Crippen LogP contribution in [0.15, 0.2) is 24.3 Å². The summed E-state index contributed by atoms with van der Waals surface area (Å²) in [6.07, 6.45) is -1.92. The molecule has 11 heteroatoms. The zero-order valence-corrected chi connectivity index (χ0v) is 11.2. The van der Waals surface area contributed by atoms with Gasteiger partial charge in [-0.25, -0.2) is 19.2 Å². The quantitative estimate of drug-likeness (QED) is 0.197. The topological polar surface area (TPSA) is 182 Å². The number of hydrogen-bond donors (Lipinski definition) is 3. The van der Waals surface area contributed by atoms with E-state index >= 15 is 0 Å². The molecule has 1 atom stereocenters. The van der Waals surface area contributed by atoms with Crippen molar-refractivity contribution in [2.45, 2.75) is 12.7 Å². The molecule has 0 aromatic rings. The van der Waals surface area contributed by atoms with Crippen LogP contribution in [0.4, 0.5) is 0 Å². The van der Waals surface area contributed by atoms with Crippen molar-refractivity contribution in [1.29, 1.82) is 0 Å². The van der Waals surface area contributed by atoms with E-state index in [-0.39, 0.29) is 0 Å². The van der Waals surface area contributed by atoms with Crippen molar-refractivity contribution in [3.05, 3.63) is 24.3 Å². The summed E-state index contributed by atoms with van der Waals surface area (Å²) < 4.78 is 8.09. The molecule has 1 unspecified atom stereocenters. The third-order valence-corrected chi connectivity index (χ3v) is 1.76. The maximum Gasteiger partial charge on any atom is 0.338 e. The van der Waals surface area contributed by atoms with Crippen molar-refractivity contribution in [3.63, 3.8) is 0 Å². The maximum atomic E-state index is 11.3. The number of carboxylic acids is 2. The van der Waals surface area contributed by atoms with Gasteiger partial charge >= 0.3 is 29.8 Å². The van der Waals surface area contributed by atoms with Crippen molar-refractivity contribution in [2.24, 2.45) is 0 Å². The number of ketones is 1. The molecule has 0 aromatic carbocycles. The van der Waals surface area contributed by atoms with Gasteiger partial charge in [-0.05, 0) is 0 Å². The predicted molar refractivity (Wildman–Crippen MR) is 66.4 cm³/mol. The molecule has 0 aliphatic carbocycles. The summed E-state index contributed by atoms with van der Waals surface area (Å²) in [7, 11) is 0. The number of esters is 3. The smallest absolute Gasteiger partial charge is 0.338 e. The van der Waals surface area contributed by atoms with Gasteiger partial charge in [0.25, 0.3) is 6.29 Å². The minimum atomic E-state index is -2.38. The molecule has 11 nitrogen and oxygen atoms in total. The van der Waals surface area contributed by atoms with Crippen molar-refractivity contribution < 1.29 is 53.6 Å². The van der Waals surface area contributed by atoms with E-state index in [1.54, 1.807) is 0 Å². The minimum Gasteiger partial charge on any atom is -0.478 e. The number of carboxylic acid groups (broad SMARTS) is 2. The highest BCUT2D eigenvalue weighted by Crippen LogP contribution is 1.99. The van der Waals surface area contributed by atoms with Gasteiger partial charge in [-0.2, -0.15) is 0 Å². The van der Waals surface area contributed by atoms with Crippen LogP contribution in [0, 0.1) is 0 Å². The van der Waals surface area contributed by atoms with Crippen molar-refractivity contribution >= 4 is 35.6 Å². The first kappa shape index (κ1) is 19.7. The largest absolute Gasteiger partial charge is 0.478 e. The second-order valence-corrected chi connectivity index (χ2v) is 3.57. The molecule has 0 radical (unpaired) electrons. The average Bonchev–Trinajstić information content (AvgIpc) is 2.42. The lowest BCUT2D eigenvalue weighted by Gasteiger charge is -2.08. The molecular formula is C12H10O11. The number of Topliss-reactive ketones (excluding diaryl/α,β-unsaturated/α-hetero) is 1. The molecule has 0 rings (SSSR count). The van der Waals surface area contributed by atoms with Crippen LogP contribution in [-0.4, -0.2) is 57.2 Å². The van der Waals surface area contributed by atoms with Gasteiger partial charge in [0.15, 0.2) is 0 Å². The number of hydrogen-bond acceptors (Lipinski definition) is 9. The molecule has 124 valence electrons. The van der Waals surface area contributed by atoms with Gasteiger partial charge in [0.2, 0.25) is 5.78 Å². The summed E-state index contributed by atoms with van der Waals surface area (Å²) in [6.45, 7) is 0. The van der Waals surface area contributed by atoms with E-state index in [2.05, 4.69) is 9.47 Å². The van der Waals surface area contributed by atoms with Gasteiger partial charge in [0.1, 0.15) is 6.42 Å². The van der Waals surface area contributed by atoms with Crippen LogP contribution in [0.25, 0.3) is 0 Å². The van der Waals surface area contributed by atoms with E-state index in [4.69, 9.17) is 15.3 Å². The van der Waals surface area contributed by atoms with Gasteiger partial charge in [-0.3, -0.25) is 9.59 Å². The molecule has 0 aliphatic rings. The van der Waals surface area contributed by atoms with Gasteiger partial charge in [0.05, 0.1) is 0 Å². The minimum absolute atomic E-state index is 0.390. The summed E-state index contributed by atoms with van der Waals surface area (Å²) in [5.41, 5.74) is 0. The zero-order chi connectivity index (χ0) is 18.0. The molecule has 0 spiro atoms. The van der Waals surface area contributed by atoms with E-state index in [0.717, 1.165) is 0 Å². The third kappa shape index (κ3) is 10.1. The lowest BCUT2D eigenvalue weighted by atomic mass is 10.3. The van der Waals surface area contributed by atoms with Gasteiger partial charge in [-0.1, -0.05) is 0 Å². The number of aliphatic hydroxyl groups excluding tert-OH is 1. The van der Waals surface area contributed by atoms with Crippen LogP contribution in [0.5, 0.6) is 0 Å². The van der Waals surface area contributed by atoms with Gasteiger partial charge < -0.3 is 24.8 Å². The normalized spacial score (nSPS) is 11.9. The Morgan fingerprint density at radius 2 is 1.30 bits per heavy atom. The van der Waals surface area contributed by atoms with Gasteiger partial charge in [0, 0.05) is 24.3 Å². The molecule has 0 bridgehead atoms. The average molecular weight is 330 g/mol. The molecule has 0 fully saturated rings. The lowest BCUT2D eigenvalue weighted by molar-refractivity contribution is -0.174. The summed E-state index contributed by atoms with van der Waals surface area (Å²) in [5.74, 6) is -8.43. The van der Waals surface area contributed by atoms with Crippen molar-refractivity contribution in [1.82, 2.24) is 0 Å². The second kappa shape index (κ2) is 9.57. The number of carbonyl (C=O) groups is 6. The van der Waals surface area contributed by atoms with Crippen molar-refractivity contribution in [3.8, 4) is 0 Å². The Balaban J connectivity index is 4.38. The monoisotopic (exact) mass is 330 g/mol. The first-order valence-electron chi connectivity index (χ1n) is 5.60. The number of aliphatic hydroxyl groups is 1.